The number of hydrogen-bond acceptors (Lipinski definition) is 5. The molecule has 1 aromatic carbocycles. The lowest BCUT2D eigenvalue weighted by Crippen LogP contribution is -2.41. The first-order valence-electron chi connectivity index (χ1n) is 8.86. The van der Waals surface area contributed by atoms with Crippen molar-refractivity contribution in [2.45, 2.75) is 25.9 Å². The van der Waals surface area contributed by atoms with Gasteiger partial charge in [0.2, 0.25) is 11.5 Å². The van der Waals surface area contributed by atoms with E-state index in [1.807, 2.05) is 30.0 Å². The van der Waals surface area contributed by atoms with Gasteiger partial charge in [-0.1, -0.05) is 12.1 Å². The van der Waals surface area contributed by atoms with E-state index in [1.54, 1.807) is 17.4 Å². The maximum absolute atomic E-state index is 12.9. The van der Waals surface area contributed by atoms with Crippen molar-refractivity contribution in [3.63, 3.8) is 0 Å². The number of amides is 1. The molecule has 1 atom stereocenters. The summed E-state index contributed by atoms with van der Waals surface area (Å²) in [6.45, 7) is 2.66. The lowest BCUT2D eigenvalue weighted by atomic mass is 10.0. The predicted molar refractivity (Wildman–Crippen MR) is 104 cm³/mol. The standard InChI is InChI=1S/C20H17N3O3S/c1-12-13-7-9-27-16(13)6-8-23(12)17(24)10-22-11-21-18-14-4-2-3-5-15(14)26-19(18)20(22)25/h2-5,7,9,11-12H,6,8,10H2,1H3/t12-/m1/s1. The summed E-state index contributed by atoms with van der Waals surface area (Å²) in [6.07, 6.45) is 2.30. The third-order valence-electron chi connectivity index (χ3n) is 5.25. The number of benzene rings is 1. The van der Waals surface area contributed by atoms with E-state index in [1.165, 1.54) is 21.3 Å². The van der Waals surface area contributed by atoms with E-state index >= 15 is 0 Å². The van der Waals surface area contributed by atoms with Gasteiger partial charge in [0.15, 0.2) is 0 Å². The average molecular weight is 379 g/mol. The molecule has 0 radical (unpaired) electrons. The lowest BCUT2D eigenvalue weighted by molar-refractivity contribution is -0.134. The van der Waals surface area contributed by atoms with Crippen molar-refractivity contribution in [2.75, 3.05) is 6.54 Å². The second-order valence-electron chi connectivity index (χ2n) is 6.77. The molecule has 136 valence electrons. The number of fused-ring (bicyclic) bond motifs is 4. The molecule has 0 saturated heterocycles. The highest BCUT2D eigenvalue weighted by Gasteiger charge is 2.28. The monoisotopic (exact) mass is 379 g/mol. The summed E-state index contributed by atoms with van der Waals surface area (Å²) >= 11 is 1.74. The molecule has 1 aliphatic heterocycles. The minimum absolute atomic E-state index is 0.0195. The number of carbonyl (C=O) groups excluding carboxylic acids is 1. The Kier molecular flexibility index (Phi) is 3.65. The molecule has 0 aliphatic carbocycles. The number of furan rings is 1. The van der Waals surface area contributed by atoms with Crippen LogP contribution < -0.4 is 5.56 Å². The van der Waals surface area contributed by atoms with Gasteiger partial charge >= 0.3 is 0 Å². The Morgan fingerprint density at radius 3 is 3.07 bits per heavy atom. The zero-order valence-electron chi connectivity index (χ0n) is 14.7. The third kappa shape index (κ3) is 2.49. The first-order valence-corrected chi connectivity index (χ1v) is 9.74. The molecular formula is C20H17N3O3S. The molecule has 1 aliphatic rings. The van der Waals surface area contributed by atoms with Gasteiger partial charge in [-0.2, -0.15) is 0 Å². The van der Waals surface area contributed by atoms with E-state index in [0.717, 1.165) is 11.8 Å². The van der Waals surface area contributed by atoms with Crippen LogP contribution in [0.25, 0.3) is 22.1 Å². The molecule has 0 fully saturated rings. The highest BCUT2D eigenvalue weighted by molar-refractivity contribution is 7.10. The average Bonchev–Trinajstić information content (AvgIpc) is 3.29. The van der Waals surface area contributed by atoms with Crippen LogP contribution in [-0.4, -0.2) is 26.9 Å². The summed E-state index contributed by atoms with van der Waals surface area (Å²) in [5.41, 5.74) is 2.23. The molecule has 0 N–H and O–H groups in total. The van der Waals surface area contributed by atoms with Crippen LogP contribution >= 0.6 is 11.3 Å². The second-order valence-corrected chi connectivity index (χ2v) is 7.77. The summed E-state index contributed by atoms with van der Waals surface area (Å²) in [5, 5.41) is 2.87. The van der Waals surface area contributed by atoms with Gasteiger partial charge in [-0.25, -0.2) is 4.98 Å². The summed E-state index contributed by atoms with van der Waals surface area (Å²) in [5.74, 6) is -0.0845. The first-order chi connectivity index (χ1) is 13.1. The Morgan fingerprint density at radius 1 is 1.33 bits per heavy atom. The third-order valence-corrected chi connectivity index (χ3v) is 6.25. The van der Waals surface area contributed by atoms with E-state index in [9.17, 15) is 9.59 Å². The molecule has 27 heavy (non-hydrogen) atoms. The van der Waals surface area contributed by atoms with E-state index in [4.69, 9.17) is 4.42 Å². The van der Waals surface area contributed by atoms with Gasteiger partial charge in [0.25, 0.3) is 5.56 Å². The van der Waals surface area contributed by atoms with Crippen molar-refractivity contribution in [2.24, 2.45) is 0 Å². The fourth-order valence-electron chi connectivity index (χ4n) is 3.81. The van der Waals surface area contributed by atoms with Crippen molar-refractivity contribution in [1.82, 2.24) is 14.5 Å². The molecular weight excluding hydrogens is 362 g/mol. The van der Waals surface area contributed by atoms with Crippen LogP contribution in [0.5, 0.6) is 0 Å². The van der Waals surface area contributed by atoms with Crippen LogP contribution in [0.4, 0.5) is 0 Å². The molecule has 0 unspecified atom stereocenters. The maximum Gasteiger partial charge on any atom is 0.297 e. The van der Waals surface area contributed by atoms with Gasteiger partial charge in [0.1, 0.15) is 17.6 Å². The van der Waals surface area contributed by atoms with Gasteiger partial charge in [-0.15, -0.1) is 11.3 Å². The zero-order chi connectivity index (χ0) is 18.5. The molecule has 1 amide bonds. The van der Waals surface area contributed by atoms with Crippen LogP contribution in [0.15, 0.2) is 51.3 Å². The van der Waals surface area contributed by atoms with Gasteiger partial charge < -0.3 is 9.32 Å². The number of thiophene rings is 1. The molecule has 7 heteroatoms. The Bertz CT molecular complexity index is 1240. The Labute approximate surface area is 158 Å². The first kappa shape index (κ1) is 16.3. The van der Waals surface area contributed by atoms with E-state index in [0.29, 0.717) is 17.6 Å². The van der Waals surface area contributed by atoms with Crippen LogP contribution in [0, 0.1) is 0 Å². The zero-order valence-corrected chi connectivity index (χ0v) is 15.5. The lowest BCUT2D eigenvalue weighted by Gasteiger charge is -2.33. The van der Waals surface area contributed by atoms with Crippen molar-refractivity contribution in [3.8, 4) is 0 Å². The van der Waals surface area contributed by atoms with Gasteiger partial charge in [0.05, 0.1) is 12.4 Å². The minimum Gasteiger partial charge on any atom is -0.448 e. The minimum atomic E-state index is -0.328. The van der Waals surface area contributed by atoms with Crippen LogP contribution in [-0.2, 0) is 17.8 Å². The van der Waals surface area contributed by atoms with Crippen molar-refractivity contribution < 1.29 is 9.21 Å². The van der Waals surface area contributed by atoms with Gasteiger partial charge in [0, 0.05) is 16.8 Å². The van der Waals surface area contributed by atoms with E-state index in [-0.39, 0.29) is 29.6 Å². The topological polar surface area (TPSA) is 68.3 Å². The van der Waals surface area contributed by atoms with Crippen molar-refractivity contribution in [3.05, 3.63) is 62.8 Å². The van der Waals surface area contributed by atoms with Gasteiger partial charge in [-0.3, -0.25) is 14.2 Å². The molecule has 4 heterocycles. The SMILES string of the molecule is C[C@@H]1c2ccsc2CCN1C(=O)Cn1cnc2c(oc3ccccc32)c1=O. The number of hydrogen-bond donors (Lipinski definition) is 0. The molecule has 4 aromatic rings. The largest absolute Gasteiger partial charge is 0.448 e. The van der Waals surface area contributed by atoms with Crippen LogP contribution in [0.1, 0.15) is 23.4 Å². The number of carbonyl (C=O) groups is 1. The van der Waals surface area contributed by atoms with Crippen LogP contribution in [0.3, 0.4) is 0 Å². The normalized spacial score (nSPS) is 16.8. The molecule has 6 nitrogen and oxygen atoms in total. The second kappa shape index (κ2) is 6.06. The number of rotatable bonds is 2. The Hall–Kier alpha value is -2.93. The smallest absolute Gasteiger partial charge is 0.297 e. The quantitative estimate of drug-likeness (QED) is 0.536. The Balaban J connectivity index is 1.48. The van der Waals surface area contributed by atoms with Gasteiger partial charge in [-0.05, 0) is 42.5 Å². The van der Waals surface area contributed by atoms with Crippen molar-refractivity contribution in [1.29, 1.82) is 0 Å². The fraction of sp³-hybridized carbons (Fsp3) is 0.250. The highest BCUT2D eigenvalue weighted by Crippen LogP contribution is 2.33. The van der Waals surface area contributed by atoms with E-state index < -0.39 is 0 Å². The van der Waals surface area contributed by atoms with Crippen LogP contribution in [0.2, 0.25) is 0 Å². The summed E-state index contributed by atoms with van der Waals surface area (Å²) in [4.78, 5) is 33.3. The fourth-order valence-corrected chi connectivity index (χ4v) is 4.78. The molecule has 0 bridgehead atoms. The highest BCUT2D eigenvalue weighted by atomic mass is 32.1. The van der Waals surface area contributed by atoms with Crippen molar-refractivity contribution >= 4 is 39.3 Å². The molecule has 0 saturated carbocycles. The summed E-state index contributed by atoms with van der Waals surface area (Å²) in [7, 11) is 0. The molecule has 3 aromatic heterocycles. The molecule has 0 spiro atoms. The summed E-state index contributed by atoms with van der Waals surface area (Å²) in [6, 6.07) is 9.51. The predicted octanol–water partition coefficient (Wildman–Crippen LogP) is 3.35. The Morgan fingerprint density at radius 2 is 2.19 bits per heavy atom. The number of para-hydroxylation sites is 1. The number of nitrogens with zero attached hydrogens (tertiary/aromatic N) is 3. The number of aromatic nitrogens is 2. The molecule has 5 rings (SSSR count). The summed E-state index contributed by atoms with van der Waals surface area (Å²) < 4.78 is 7.02. The van der Waals surface area contributed by atoms with E-state index in [2.05, 4.69) is 16.4 Å². The maximum atomic E-state index is 12.9.